The third-order valence-corrected chi connectivity index (χ3v) is 3.46. The van der Waals surface area contributed by atoms with Gasteiger partial charge in [0.25, 0.3) is 0 Å². The number of rotatable bonds is 3. The predicted octanol–water partition coefficient (Wildman–Crippen LogP) is 2.16. The van der Waals surface area contributed by atoms with Gasteiger partial charge in [-0.25, -0.2) is 0 Å². The topological polar surface area (TPSA) is 40.1 Å². The first kappa shape index (κ1) is 10.8. The van der Waals surface area contributed by atoms with Crippen LogP contribution in [-0.4, -0.2) is 30.1 Å². The molecule has 0 aromatic carbocycles. The van der Waals surface area contributed by atoms with Crippen LogP contribution in [0.2, 0.25) is 0 Å². The average Bonchev–Trinajstić information content (AvgIpc) is 2.66. The number of hydrogen-bond acceptors (Lipinski definition) is 2. The van der Waals surface area contributed by atoms with Crippen LogP contribution in [0.1, 0.15) is 38.5 Å². The summed E-state index contributed by atoms with van der Waals surface area (Å²) in [4.78, 5) is 11.9. The fourth-order valence-corrected chi connectivity index (χ4v) is 2.52. The van der Waals surface area contributed by atoms with E-state index in [1.165, 1.54) is 6.42 Å². The second-order valence-electron chi connectivity index (χ2n) is 4.77. The van der Waals surface area contributed by atoms with Crippen LogP contribution in [-0.2, 0) is 4.79 Å². The largest absolute Gasteiger partial charge is 0.632 e. The number of quaternary nitrogens is 1. The summed E-state index contributed by atoms with van der Waals surface area (Å²) in [6, 6.07) is 0. The minimum atomic E-state index is -0.268. The summed E-state index contributed by atoms with van der Waals surface area (Å²) in [6.45, 7) is 1.46. The van der Waals surface area contributed by atoms with Gasteiger partial charge in [-0.05, 0) is 31.3 Å². The monoisotopic (exact) mass is 209 g/mol. The highest BCUT2D eigenvalue weighted by Crippen LogP contribution is 2.22. The Morgan fingerprint density at radius 1 is 1.27 bits per heavy atom. The van der Waals surface area contributed by atoms with Crippen LogP contribution in [0, 0.1) is 5.21 Å². The predicted molar refractivity (Wildman–Crippen MR) is 59.0 cm³/mol. The van der Waals surface area contributed by atoms with Crippen LogP contribution < -0.4 is 0 Å². The quantitative estimate of drug-likeness (QED) is 0.528. The molecule has 1 heterocycles. The van der Waals surface area contributed by atoms with Gasteiger partial charge in [0.05, 0.1) is 13.1 Å². The number of hydrogen-bond donors (Lipinski definition) is 0. The van der Waals surface area contributed by atoms with Crippen molar-refractivity contribution < 1.29 is 9.44 Å². The Hall–Kier alpha value is -0.670. The second-order valence-corrected chi connectivity index (χ2v) is 4.77. The molecule has 2 aliphatic rings. The Morgan fingerprint density at radius 3 is 2.60 bits per heavy atom. The fraction of sp³-hybridized carbons (Fsp3) is 0.750. The molecular weight excluding hydrogens is 190 g/mol. The molecule has 3 heteroatoms. The van der Waals surface area contributed by atoms with Gasteiger partial charge in [-0.1, -0.05) is 6.08 Å². The highest BCUT2D eigenvalue weighted by Gasteiger charge is 2.27. The lowest BCUT2D eigenvalue weighted by Crippen LogP contribution is -2.43. The Labute approximate surface area is 90.9 Å². The maximum Gasteiger partial charge on any atom is 0.212 e. The van der Waals surface area contributed by atoms with Crippen LogP contribution >= 0.6 is 0 Å². The molecule has 0 saturated carbocycles. The molecule has 3 nitrogen and oxygen atoms in total. The van der Waals surface area contributed by atoms with Crippen molar-refractivity contribution in [2.75, 3.05) is 19.6 Å². The summed E-state index contributed by atoms with van der Waals surface area (Å²) in [5.74, 6) is 0.103. The maximum absolute atomic E-state index is 12.0. The van der Waals surface area contributed by atoms with Crippen LogP contribution in [0.25, 0.3) is 0 Å². The Balaban J connectivity index is 1.93. The van der Waals surface area contributed by atoms with Crippen LogP contribution in [0.4, 0.5) is 0 Å². The van der Waals surface area contributed by atoms with Crippen molar-refractivity contribution in [3.63, 3.8) is 0 Å². The molecule has 0 spiro atoms. The van der Waals surface area contributed by atoms with Gasteiger partial charge in [-0.2, -0.15) is 0 Å². The SMILES string of the molecule is O=C(C[N+]1([O-])CCCC1)C1=CCCCC1. The first-order chi connectivity index (χ1) is 7.20. The minimum Gasteiger partial charge on any atom is -0.632 e. The standard InChI is InChI=1S/C12H19NO2/c14-12(11-6-2-1-3-7-11)10-13(15)8-4-5-9-13/h6H,1-5,7-10H2. The second kappa shape index (κ2) is 4.45. The van der Waals surface area contributed by atoms with Gasteiger partial charge in [0, 0.05) is 12.8 Å². The summed E-state index contributed by atoms with van der Waals surface area (Å²) < 4.78 is -0.268. The molecule has 0 unspecified atom stereocenters. The molecule has 0 aromatic heterocycles. The molecule has 15 heavy (non-hydrogen) atoms. The summed E-state index contributed by atoms with van der Waals surface area (Å²) in [5.41, 5.74) is 0.918. The van der Waals surface area contributed by atoms with E-state index in [4.69, 9.17) is 0 Å². The highest BCUT2D eigenvalue weighted by atomic mass is 16.5. The molecule has 1 aliphatic heterocycles. The molecule has 1 saturated heterocycles. The van der Waals surface area contributed by atoms with Crippen LogP contribution in [0.5, 0.6) is 0 Å². The van der Waals surface area contributed by atoms with E-state index in [0.29, 0.717) is 13.1 Å². The van der Waals surface area contributed by atoms with Gasteiger partial charge in [-0.15, -0.1) is 0 Å². The van der Waals surface area contributed by atoms with E-state index in [9.17, 15) is 10.0 Å². The summed E-state index contributed by atoms with van der Waals surface area (Å²) in [7, 11) is 0. The highest BCUT2D eigenvalue weighted by molar-refractivity contribution is 5.96. The van der Waals surface area contributed by atoms with Gasteiger partial charge in [-0.3, -0.25) is 4.79 Å². The third kappa shape index (κ3) is 2.67. The normalized spacial score (nSPS) is 25.0. The van der Waals surface area contributed by atoms with Gasteiger partial charge in [0.2, 0.25) is 5.78 Å². The molecule has 2 rings (SSSR count). The van der Waals surface area contributed by atoms with E-state index >= 15 is 0 Å². The van der Waals surface area contributed by atoms with E-state index in [2.05, 4.69) is 0 Å². The Morgan fingerprint density at radius 2 is 2.00 bits per heavy atom. The van der Waals surface area contributed by atoms with Crippen molar-refractivity contribution in [3.05, 3.63) is 16.9 Å². The average molecular weight is 209 g/mol. The van der Waals surface area contributed by atoms with E-state index < -0.39 is 0 Å². The summed E-state index contributed by atoms with van der Waals surface area (Å²) >= 11 is 0. The van der Waals surface area contributed by atoms with Gasteiger partial charge in [0.15, 0.2) is 0 Å². The molecule has 0 N–H and O–H groups in total. The zero-order valence-corrected chi connectivity index (χ0v) is 9.21. The van der Waals surface area contributed by atoms with E-state index in [1.807, 2.05) is 6.08 Å². The van der Waals surface area contributed by atoms with E-state index in [0.717, 1.165) is 37.7 Å². The number of ketones is 1. The molecule has 0 atom stereocenters. The van der Waals surface area contributed by atoms with Gasteiger partial charge in [0.1, 0.15) is 6.54 Å². The Bertz CT molecular complexity index is 277. The first-order valence-corrected chi connectivity index (χ1v) is 5.99. The summed E-state index contributed by atoms with van der Waals surface area (Å²) in [5, 5.41) is 12.0. The molecule has 84 valence electrons. The zero-order chi connectivity index (χ0) is 10.7. The van der Waals surface area contributed by atoms with E-state index in [-0.39, 0.29) is 17.0 Å². The zero-order valence-electron chi connectivity index (χ0n) is 9.21. The molecule has 0 radical (unpaired) electrons. The van der Waals surface area contributed by atoms with Crippen molar-refractivity contribution in [3.8, 4) is 0 Å². The third-order valence-electron chi connectivity index (χ3n) is 3.46. The molecule has 0 bridgehead atoms. The number of allylic oxidation sites excluding steroid dienone is 1. The number of hydroxylamine groups is 3. The van der Waals surface area contributed by atoms with Gasteiger partial charge < -0.3 is 9.85 Å². The van der Waals surface area contributed by atoms with Crippen molar-refractivity contribution in [1.29, 1.82) is 0 Å². The number of carbonyl (C=O) groups is 1. The number of Topliss-reactive ketones (excluding diaryl/α,β-unsaturated/α-hetero) is 1. The number of likely N-dealkylation sites (tertiary alicyclic amines) is 1. The lowest BCUT2D eigenvalue weighted by atomic mass is 9.96. The van der Waals surface area contributed by atoms with Crippen molar-refractivity contribution in [1.82, 2.24) is 0 Å². The van der Waals surface area contributed by atoms with Gasteiger partial charge >= 0.3 is 0 Å². The maximum atomic E-state index is 12.0. The molecule has 0 aromatic rings. The fourth-order valence-electron chi connectivity index (χ4n) is 2.52. The van der Waals surface area contributed by atoms with Crippen molar-refractivity contribution >= 4 is 5.78 Å². The number of carbonyl (C=O) groups excluding carboxylic acids is 1. The van der Waals surface area contributed by atoms with Crippen molar-refractivity contribution in [2.24, 2.45) is 0 Å². The molecular formula is C12H19NO2. The van der Waals surface area contributed by atoms with E-state index in [1.54, 1.807) is 0 Å². The molecule has 1 aliphatic carbocycles. The van der Waals surface area contributed by atoms with Crippen molar-refractivity contribution in [2.45, 2.75) is 38.5 Å². The van der Waals surface area contributed by atoms with Crippen LogP contribution in [0.15, 0.2) is 11.6 Å². The summed E-state index contributed by atoms with van der Waals surface area (Å²) in [6.07, 6.45) is 8.20. The minimum absolute atomic E-state index is 0.103. The first-order valence-electron chi connectivity index (χ1n) is 5.99. The van der Waals surface area contributed by atoms with Crippen LogP contribution in [0.3, 0.4) is 0 Å². The Kier molecular flexibility index (Phi) is 3.22. The smallest absolute Gasteiger partial charge is 0.212 e. The lowest BCUT2D eigenvalue weighted by Gasteiger charge is -2.37. The molecule has 0 amide bonds. The number of nitrogens with zero attached hydrogens (tertiary/aromatic N) is 1. The molecule has 1 fully saturated rings. The lowest BCUT2D eigenvalue weighted by molar-refractivity contribution is -0.859.